The van der Waals surface area contributed by atoms with Gasteiger partial charge in [0.2, 0.25) is 11.8 Å². The largest absolute Gasteiger partial charge is 0.374 e. The fourth-order valence-corrected chi connectivity index (χ4v) is 1.46. The van der Waals surface area contributed by atoms with Crippen molar-refractivity contribution in [3.8, 4) is 0 Å². The van der Waals surface area contributed by atoms with Crippen LogP contribution in [0.2, 0.25) is 0 Å². The van der Waals surface area contributed by atoms with Gasteiger partial charge in [-0.3, -0.25) is 19.8 Å². The lowest BCUT2D eigenvalue weighted by atomic mass is 10.2. The predicted octanol–water partition coefficient (Wildman–Crippen LogP) is 0.148. The molecule has 1 saturated heterocycles. The van der Waals surface area contributed by atoms with Crippen molar-refractivity contribution in [3.05, 3.63) is 0 Å². The molecule has 1 aliphatic rings. The van der Waals surface area contributed by atoms with Crippen LogP contribution in [-0.4, -0.2) is 48.1 Å². The lowest BCUT2D eigenvalue weighted by Crippen LogP contribution is -2.57. The Morgan fingerprint density at radius 3 is 2.62 bits per heavy atom. The zero-order chi connectivity index (χ0) is 12.3. The second kappa shape index (κ2) is 4.93. The quantitative estimate of drug-likeness (QED) is 0.698. The first kappa shape index (κ1) is 13.1. The minimum atomic E-state index is -0.285. The van der Waals surface area contributed by atoms with Gasteiger partial charge < -0.3 is 4.74 Å². The Bertz CT molecular complexity index is 283. The van der Waals surface area contributed by atoms with Crippen molar-refractivity contribution in [2.45, 2.75) is 39.3 Å². The molecule has 0 aliphatic carbocycles. The van der Waals surface area contributed by atoms with Crippen LogP contribution >= 0.6 is 0 Å². The molecule has 2 amide bonds. The van der Waals surface area contributed by atoms with Crippen LogP contribution in [0.3, 0.4) is 0 Å². The first-order valence-electron chi connectivity index (χ1n) is 5.53. The maximum Gasteiger partial charge on any atom is 0.246 e. The Kier molecular flexibility index (Phi) is 4.04. The summed E-state index contributed by atoms with van der Waals surface area (Å²) in [5, 5.41) is 2.84. The van der Waals surface area contributed by atoms with E-state index in [-0.39, 0.29) is 30.0 Å². The highest BCUT2D eigenvalue weighted by Crippen LogP contribution is 2.08. The Labute approximate surface area is 96.1 Å². The maximum absolute atomic E-state index is 11.7. The molecule has 1 heterocycles. The third-order valence-electron chi connectivity index (χ3n) is 2.35. The highest BCUT2D eigenvalue weighted by Gasteiger charge is 2.30. The van der Waals surface area contributed by atoms with E-state index in [1.165, 1.54) is 4.90 Å². The number of carbonyl (C=O) groups is 2. The van der Waals surface area contributed by atoms with Gasteiger partial charge in [-0.15, -0.1) is 0 Å². The summed E-state index contributed by atoms with van der Waals surface area (Å²) in [5.74, 6) is -0.352. The number of amides is 2. The molecule has 1 N–H and O–H groups in total. The fourth-order valence-electron chi connectivity index (χ4n) is 1.46. The fraction of sp³-hybridized carbons (Fsp3) is 0.818. The van der Waals surface area contributed by atoms with Gasteiger partial charge in [0.15, 0.2) is 0 Å². The molecule has 1 fully saturated rings. The Balaban J connectivity index is 2.45. The predicted molar refractivity (Wildman–Crippen MR) is 59.9 cm³/mol. The first-order valence-corrected chi connectivity index (χ1v) is 5.53. The second-order valence-electron chi connectivity index (χ2n) is 4.95. The van der Waals surface area contributed by atoms with E-state index in [9.17, 15) is 9.59 Å². The Hall–Kier alpha value is -0.940. The number of rotatable bonds is 3. The van der Waals surface area contributed by atoms with E-state index >= 15 is 0 Å². The number of nitrogens with one attached hydrogen (secondary N) is 1. The number of ether oxygens (including phenoxy) is 1. The van der Waals surface area contributed by atoms with Crippen LogP contribution in [-0.2, 0) is 14.3 Å². The summed E-state index contributed by atoms with van der Waals surface area (Å²) in [6.07, 6.45) is 0. The van der Waals surface area contributed by atoms with E-state index in [1.54, 1.807) is 6.92 Å². The standard InChI is InChI=1S/C11H20N2O3/c1-8-10(15)13(9(14)7-12-8)5-6-16-11(2,3)4/h8,12H,5-7H2,1-4H3. The molecule has 1 rings (SSSR count). The molecule has 0 spiro atoms. The molecule has 0 bridgehead atoms. The summed E-state index contributed by atoms with van der Waals surface area (Å²) in [5.41, 5.74) is -0.244. The Morgan fingerprint density at radius 2 is 2.06 bits per heavy atom. The monoisotopic (exact) mass is 228 g/mol. The van der Waals surface area contributed by atoms with Gasteiger partial charge in [-0.05, 0) is 27.7 Å². The molecule has 5 heteroatoms. The van der Waals surface area contributed by atoms with Crippen molar-refractivity contribution >= 4 is 11.8 Å². The SMILES string of the molecule is CC1NCC(=O)N(CCOC(C)(C)C)C1=O. The summed E-state index contributed by atoms with van der Waals surface area (Å²) in [6, 6.07) is -0.285. The van der Waals surface area contributed by atoms with E-state index in [4.69, 9.17) is 4.74 Å². The number of nitrogens with zero attached hydrogens (tertiary/aromatic N) is 1. The third kappa shape index (κ3) is 3.57. The smallest absolute Gasteiger partial charge is 0.246 e. The van der Waals surface area contributed by atoms with Gasteiger partial charge in [0.1, 0.15) is 0 Å². The third-order valence-corrected chi connectivity index (χ3v) is 2.35. The van der Waals surface area contributed by atoms with Gasteiger partial charge in [-0.25, -0.2) is 0 Å². The summed E-state index contributed by atoms with van der Waals surface area (Å²) in [6.45, 7) is 8.52. The highest BCUT2D eigenvalue weighted by atomic mass is 16.5. The van der Waals surface area contributed by atoms with E-state index in [1.807, 2.05) is 20.8 Å². The normalized spacial score (nSPS) is 22.8. The van der Waals surface area contributed by atoms with E-state index in [0.29, 0.717) is 13.2 Å². The minimum Gasteiger partial charge on any atom is -0.374 e. The number of piperazine rings is 1. The second-order valence-corrected chi connectivity index (χ2v) is 4.95. The van der Waals surface area contributed by atoms with Crippen molar-refractivity contribution in [1.82, 2.24) is 10.2 Å². The average molecular weight is 228 g/mol. The summed E-state index contributed by atoms with van der Waals surface area (Å²) >= 11 is 0. The van der Waals surface area contributed by atoms with Crippen LogP contribution in [0.25, 0.3) is 0 Å². The highest BCUT2D eigenvalue weighted by molar-refractivity contribution is 6.00. The Morgan fingerprint density at radius 1 is 1.44 bits per heavy atom. The molecule has 92 valence electrons. The van der Waals surface area contributed by atoms with Gasteiger partial charge in [0, 0.05) is 0 Å². The van der Waals surface area contributed by atoms with Crippen LogP contribution in [0.15, 0.2) is 0 Å². The molecule has 0 saturated carbocycles. The van der Waals surface area contributed by atoms with Crippen LogP contribution in [0.5, 0.6) is 0 Å². The molecular formula is C11H20N2O3. The minimum absolute atomic E-state index is 0.172. The number of carbonyl (C=O) groups excluding carboxylic acids is 2. The van der Waals surface area contributed by atoms with Crippen molar-refractivity contribution in [2.75, 3.05) is 19.7 Å². The van der Waals surface area contributed by atoms with Gasteiger partial charge in [-0.1, -0.05) is 0 Å². The van der Waals surface area contributed by atoms with Crippen LogP contribution in [0.1, 0.15) is 27.7 Å². The van der Waals surface area contributed by atoms with Crippen molar-refractivity contribution in [2.24, 2.45) is 0 Å². The number of imide groups is 1. The van der Waals surface area contributed by atoms with Crippen LogP contribution < -0.4 is 5.32 Å². The molecule has 0 aromatic heterocycles. The zero-order valence-corrected chi connectivity index (χ0v) is 10.4. The van der Waals surface area contributed by atoms with Gasteiger partial charge in [0.25, 0.3) is 0 Å². The molecule has 1 unspecified atom stereocenters. The summed E-state index contributed by atoms with van der Waals surface area (Å²) in [7, 11) is 0. The van der Waals surface area contributed by atoms with Gasteiger partial charge in [0.05, 0.1) is 31.3 Å². The topological polar surface area (TPSA) is 58.6 Å². The molecule has 0 aromatic rings. The molecule has 0 aromatic carbocycles. The first-order chi connectivity index (χ1) is 7.31. The van der Waals surface area contributed by atoms with E-state index < -0.39 is 0 Å². The molecule has 1 aliphatic heterocycles. The van der Waals surface area contributed by atoms with Crippen molar-refractivity contribution < 1.29 is 14.3 Å². The van der Waals surface area contributed by atoms with E-state index in [0.717, 1.165) is 0 Å². The molecule has 0 radical (unpaired) electrons. The van der Waals surface area contributed by atoms with Gasteiger partial charge in [-0.2, -0.15) is 0 Å². The lowest BCUT2D eigenvalue weighted by molar-refractivity contribution is -0.150. The van der Waals surface area contributed by atoms with Crippen LogP contribution in [0.4, 0.5) is 0 Å². The maximum atomic E-state index is 11.7. The molecule has 5 nitrogen and oxygen atoms in total. The van der Waals surface area contributed by atoms with Gasteiger partial charge >= 0.3 is 0 Å². The van der Waals surface area contributed by atoms with Crippen molar-refractivity contribution in [1.29, 1.82) is 0 Å². The lowest BCUT2D eigenvalue weighted by Gasteiger charge is -2.30. The molecule has 1 atom stereocenters. The average Bonchev–Trinajstić information content (AvgIpc) is 2.16. The summed E-state index contributed by atoms with van der Waals surface area (Å²) < 4.78 is 5.50. The summed E-state index contributed by atoms with van der Waals surface area (Å²) in [4.78, 5) is 24.4. The molecular weight excluding hydrogens is 208 g/mol. The van der Waals surface area contributed by atoms with E-state index in [2.05, 4.69) is 5.32 Å². The van der Waals surface area contributed by atoms with Crippen molar-refractivity contribution in [3.63, 3.8) is 0 Å². The number of hydrogen-bond acceptors (Lipinski definition) is 4. The zero-order valence-electron chi connectivity index (χ0n) is 10.4. The van der Waals surface area contributed by atoms with Crippen LogP contribution in [0, 0.1) is 0 Å². The molecule has 16 heavy (non-hydrogen) atoms. The number of hydrogen-bond donors (Lipinski definition) is 1.